The number of carbonyl (C=O) groups is 4. The molecule has 9 nitrogen and oxygen atoms in total. The number of aliphatic hydroxyl groups is 1. The number of nitrogens with two attached hydrogens (primary N) is 1. The molecule has 0 bridgehead atoms. The van der Waals surface area contributed by atoms with Crippen molar-refractivity contribution in [2.75, 3.05) is 0 Å². The average Bonchev–Trinajstić information content (AvgIpc) is 2.32. The molecule has 0 aliphatic carbocycles. The lowest BCUT2D eigenvalue weighted by molar-refractivity contribution is -0.142. The molecular weight excluding hydrogens is 270 g/mol. The Balaban J connectivity index is 4.48. The van der Waals surface area contributed by atoms with Crippen molar-refractivity contribution in [2.24, 2.45) is 5.73 Å². The van der Waals surface area contributed by atoms with Gasteiger partial charge in [0.15, 0.2) is 0 Å². The fourth-order valence-electron chi connectivity index (χ4n) is 1.24. The fraction of sp³-hybridized carbons (Fsp3) is 0.636. The first kappa shape index (κ1) is 17.8. The van der Waals surface area contributed by atoms with Gasteiger partial charge in [-0.15, -0.1) is 0 Å². The third-order valence-electron chi connectivity index (χ3n) is 2.43. The van der Waals surface area contributed by atoms with Crippen LogP contribution in [0.3, 0.4) is 0 Å². The highest BCUT2D eigenvalue weighted by atomic mass is 16.4. The van der Waals surface area contributed by atoms with Crippen molar-refractivity contribution in [1.82, 2.24) is 10.6 Å². The summed E-state index contributed by atoms with van der Waals surface area (Å²) >= 11 is 0. The molecule has 6 N–H and O–H groups in total. The van der Waals surface area contributed by atoms with Crippen LogP contribution in [0.2, 0.25) is 0 Å². The summed E-state index contributed by atoms with van der Waals surface area (Å²) < 4.78 is 0. The second-order valence-electron chi connectivity index (χ2n) is 4.31. The summed E-state index contributed by atoms with van der Waals surface area (Å²) in [6, 6.07) is -2.30. The lowest BCUT2D eigenvalue weighted by atomic mass is 10.1. The number of rotatable bonds is 8. The highest BCUT2D eigenvalue weighted by Crippen LogP contribution is 1.98. The summed E-state index contributed by atoms with van der Waals surface area (Å²) in [5.41, 5.74) is 4.90. The minimum absolute atomic E-state index is 0.145. The van der Waals surface area contributed by atoms with E-state index in [2.05, 4.69) is 10.6 Å². The summed E-state index contributed by atoms with van der Waals surface area (Å²) in [4.78, 5) is 44.4. The average molecular weight is 289 g/mol. The normalized spacial score (nSPS) is 14.8. The minimum Gasteiger partial charge on any atom is -0.480 e. The summed E-state index contributed by atoms with van der Waals surface area (Å²) in [6.45, 7) is 2.56. The smallest absolute Gasteiger partial charge is 0.326 e. The predicted octanol–water partition coefficient (Wildman–Crippen LogP) is -2.29. The first-order valence-corrected chi connectivity index (χ1v) is 5.95. The maximum atomic E-state index is 11.7. The molecule has 0 aromatic rings. The number of aliphatic carboxylic acids is 1. The highest BCUT2D eigenvalue weighted by Gasteiger charge is 2.24. The predicted molar refractivity (Wildman–Crippen MR) is 67.3 cm³/mol. The van der Waals surface area contributed by atoms with Crippen LogP contribution in [-0.2, 0) is 19.2 Å². The van der Waals surface area contributed by atoms with Crippen molar-refractivity contribution in [2.45, 2.75) is 44.9 Å². The van der Waals surface area contributed by atoms with Gasteiger partial charge in [-0.2, -0.15) is 0 Å². The molecule has 0 spiro atoms. The van der Waals surface area contributed by atoms with Gasteiger partial charge in [0.25, 0.3) is 0 Å². The van der Waals surface area contributed by atoms with Gasteiger partial charge in [-0.25, -0.2) is 4.79 Å². The van der Waals surface area contributed by atoms with Crippen LogP contribution in [0, 0.1) is 0 Å². The van der Waals surface area contributed by atoms with Gasteiger partial charge in [-0.1, -0.05) is 0 Å². The van der Waals surface area contributed by atoms with E-state index in [0.29, 0.717) is 0 Å². The number of hydrogen-bond acceptors (Lipinski definition) is 5. The van der Waals surface area contributed by atoms with Gasteiger partial charge in [0.1, 0.15) is 18.2 Å². The maximum Gasteiger partial charge on any atom is 0.326 e. The molecule has 0 aliphatic heterocycles. The Morgan fingerprint density at radius 1 is 1.10 bits per heavy atom. The Bertz CT molecular complexity index is 396. The molecule has 9 heteroatoms. The van der Waals surface area contributed by atoms with E-state index in [1.807, 2.05) is 0 Å². The number of carbonyl (C=O) groups excluding carboxylic acids is 3. The molecule has 20 heavy (non-hydrogen) atoms. The van der Waals surface area contributed by atoms with Gasteiger partial charge in [-0.3, -0.25) is 14.4 Å². The van der Waals surface area contributed by atoms with E-state index in [4.69, 9.17) is 15.9 Å². The second-order valence-corrected chi connectivity index (χ2v) is 4.31. The standard InChI is InChI=1S/C11H19N3O6/c1-5(13-10(18)6(2)15)9(17)14-7(11(19)20)3-4-8(12)16/h5-7,15H,3-4H2,1-2H3,(H2,12,16)(H,13,18)(H,14,17)(H,19,20). The molecular formula is C11H19N3O6. The van der Waals surface area contributed by atoms with Gasteiger partial charge >= 0.3 is 5.97 Å². The Hall–Kier alpha value is -2.16. The van der Waals surface area contributed by atoms with E-state index in [1.165, 1.54) is 13.8 Å². The van der Waals surface area contributed by atoms with Gasteiger partial charge in [-0.05, 0) is 20.3 Å². The summed E-state index contributed by atoms with van der Waals surface area (Å²) in [5.74, 6) is -3.48. The molecule has 0 saturated carbocycles. The molecule has 3 amide bonds. The van der Waals surface area contributed by atoms with Gasteiger partial charge in [0.2, 0.25) is 17.7 Å². The number of nitrogens with one attached hydrogen (secondary N) is 2. The van der Waals surface area contributed by atoms with Crippen molar-refractivity contribution >= 4 is 23.7 Å². The van der Waals surface area contributed by atoms with E-state index in [9.17, 15) is 19.2 Å². The third-order valence-corrected chi connectivity index (χ3v) is 2.43. The summed E-state index contributed by atoms with van der Waals surface area (Å²) in [5, 5.41) is 22.2. The zero-order valence-corrected chi connectivity index (χ0v) is 11.3. The zero-order chi connectivity index (χ0) is 15.9. The zero-order valence-electron chi connectivity index (χ0n) is 11.3. The van der Waals surface area contributed by atoms with E-state index in [1.54, 1.807) is 0 Å². The number of aliphatic hydroxyl groups excluding tert-OH is 1. The molecule has 114 valence electrons. The monoisotopic (exact) mass is 289 g/mol. The quantitative estimate of drug-likeness (QED) is 0.338. The molecule has 0 saturated heterocycles. The largest absolute Gasteiger partial charge is 0.480 e. The van der Waals surface area contributed by atoms with Gasteiger partial charge in [0.05, 0.1) is 0 Å². The van der Waals surface area contributed by atoms with Crippen LogP contribution in [0.4, 0.5) is 0 Å². The Morgan fingerprint density at radius 3 is 2.05 bits per heavy atom. The van der Waals surface area contributed by atoms with Crippen LogP contribution in [0.15, 0.2) is 0 Å². The topological polar surface area (TPSA) is 159 Å². The molecule has 0 radical (unpaired) electrons. The molecule has 0 fully saturated rings. The molecule has 0 heterocycles. The van der Waals surface area contributed by atoms with E-state index >= 15 is 0 Å². The van der Waals surface area contributed by atoms with E-state index in [0.717, 1.165) is 0 Å². The van der Waals surface area contributed by atoms with Gasteiger partial charge in [0, 0.05) is 6.42 Å². The molecule has 0 aromatic carbocycles. The van der Waals surface area contributed by atoms with E-state index < -0.39 is 41.9 Å². The van der Waals surface area contributed by atoms with Crippen LogP contribution >= 0.6 is 0 Å². The fourth-order valence-corrected chi connectivity index (χ4v) is 1.24. The lowest BCUT2D eigenvalue weighted by Gasteiger charge is -2.18. The Morgan fingerprint density at radius 2 is 1.65 bits per heavy atom. The Kier molecular flexibility index (Phi) is 7.22. The Labute approximate surface area is 115 Å². The van der Waals surface area contributed by atoms with Crippen LogP contribution in [0.1, 0.15) is 26.7 Å². The van der Waals surface area contributed by atoms with Crippen molar-refractivity contribution in [3.05, 3.63) is 0 Å². The van der Waals surface area contributed by atoms with Gasteiger partial charge < -0.3 is 26.6 Å². The number of carboxylic acids is 1. The first-order chi connectivity index (χ1) is 9.15. The molecule has 3 atom stereocenters. The van der Waals surface area contributed by atoms with Crippen LogP contribution in [-0.4, -0.2) is 52.1 Å². The molecule has 3 unspecified atom stereocenters. The number of primary amides is 1. The minimum atomic E-state index is -1.31. The molecule has 0 aliphatic rings. The molecule has 0 aromatic heterocycles. The van der Waals surface area contributed by atoms with Crippen LogP contribution in [0.25, 0.3) is 0 Å². The second kappa shape index (κ2) is 8.10. The highest BCUT2D eigenvalue weighted by molar-refractivity contribution is 5.91. The van der Waals surface area contributed by atoms with Crippen molar-refractivity contribution < 1.29 is 29.4 Å². The number of amides is 3. The maximum absolute atomic E-state index is 11.7. The van der Waals surface area contributed by atoms with E-state index in [-0.39, 0.29) is 12.8 Å². The SMILES string of the molecule is CC(O)C(=O)NC(C)C(=O)NC(CCC(N)=O)C(=O)O. The van der Waals surface area contributed by atoms with Crippen molar-refractivity contribution in [3.63, 3.8) is 0 Å². The number of hydrogen-bond donors (Lipinski definition) is 5. The van der Waals surface area contributed by atoms with Crippen molar-refractivity contribution in [3.8, 4) is 0 Å². The van der Waals surface area contributed by atoms with Crippen LogP contribution < -0.4 is 16.4 Å². The number of carboxylic acid groups (broad SMARTS) is 1. The third kappa shape index (κ3) is 6.69. The van der Waals surface area contributed by atoms with Crippen LogP contribution in [0.5, 0.6) is 0 Å². The summed E-state index contributed by atoms with van der Waals surface area (Å²) in [6.07, 6.45) is -1.62. The van der Waals surface area contributed by atoms with Crippen molar-refractivity contribution in [1.29, 1.82) is 0 Å². The summed E-state index contributed by atoms with van der Waals surface area (Å²) in [7, 11) is 0. The lowest BCUT2D eigenvalue weighted by Crippen LogP contribution is -2.51. The molecule has 0 rings (SSSR count). The first-order valence-electron chi connectivity index (χ1n) is 5.95.